The molecule has 1 aliphatic heterocycles. The number of nitrogens with zero attached hydrogens (tertiary/aromatic N) is 3. The largest absolute Gasteiger partial charge is 0.369 e. The fourth-order valence-electron chi connectivity index (χ4n) is 5.53. The molecule has 4 heteroatoms. The Hall–Kier alpha value is -2.90. The van der Waals surface area contributed by atoms with Crippen molar-refractivity contribution in [3.05, 3.63) is 69.8 Å². The Morgan fingerprint density at radius 1 is 1.00 bits per heavy atom. The number of hydrogen-bond acceptors (Lipinski definition) is 4. The molecule has 2 aromatic rings. The number of rotatable bonds is 2. The lowest BCUT2D eigenvalue weighted by Gasteiger charge is -2.39. The molecule has 2 aliphatic carbocycles. The van der Waals surface area contributed by atoms with Gasteiger partial charge in [-0.2, -0.15) is 5.26 Å². The van der Waals surface area contributed by atoms with Crippen molar-refractivity contribution >= 4 is 17.0 Å². The molecule has 0 amide bonds. The Morgan fingerprint density at radius 2 is 1.71 bits per heavy atom. The number of allylic oxidation sites excluding steroid dienone is 2. The number of ketones is 1. The first-order valence-corrected chi connectivity index (χ1v) is 11.3. The van der Waals surface area contributed by atoms with Gasteiger partial charge >= 0.3 is 0 Å². The van der Waals surface area contributed by atoms with Crippen LogP contribution in [0.4, 0.5) is 5.69 Å². The van der Waals surface area contributed by atoms with Crippen molar-refractivity contribution in [2.45, 2.75) is 45.6 Å². The van der Waals surface area contributed by atoms with E-state index in [9.17, 15) is 10.1 Å². The van der Waals surface area contributed by atoms with Crippen LogP contribution in [0.15, 0.2) is 42.0 Å². The molecular formula is C27H29N3O. The van der Waals surface area contributed by atoms with E-state index in [1.807, 2.05) is 24.3 Å². The van der Waals surface area contributed by atoms with Gasteiger partial charge in [0.15, 0.2) is 5.78 Å². The lowest BCUT2D eigenvalue weighted by atomic mass is 9.68. The molecule has 0 aromatic heterocycles. The van der Waals surface area contributed by atoms with Gasteiger partial charge < -0.3 is 4.90 Å². The van der Waals surface area contributed by atoms with E-state index in [2.05, 4.69) is 55.7 Å². The maximum atomic E-state index is 13.6. The van der Waals surface area contributed by atoms with Gasteiger partial charge in [0.05, 0.1) is 11.6 Å². The van der Waals surface area contributed by atoms with E-state index in [1.165, 1.54) is 11.3 Å². The third-order valence-electron chi connectivity index (χ3n) is 7.49. The second-order valence-electron chi connectivity index (χ2n) is 9.81. The zero-order valence-corrected chi connectivity index (χ0v) is 18.8. The second kappa shape index (κ2) is 7.07. The van der Waals surface area contributed by atoms with E-state index in [0.717, 1.165) is 60.4 Å². The molecule has 1 saturated heterocycles. The van der Waals surface area contributed by atoms with Crippen LogP contribution < -0.4 is 4.90 Å². The van der Waals surface area contributed by atoms with E-state index in [0.29, 0.717) is 11.6 Å². The number of hydrogen-bond donors (Lipinski definition) is 0. The highest BCUT2D eigenvalue weighted by Gasteiger charge is 2.43. The van der Waals surface area contributed by atoms with Crippen LogP contribution in [0, 0.1) is 11.3 Å². The summed E-state index contributed by atoms with van der Waals surface area (Å²) in [6, 6.07) is 15.0. The molecule has 0 atom stereocenters. The summed E-state index contributed by atoms with van der Waals surface area (Å²) in [6.07, 6.45) is 0.746. The summed E-state index contributed by atoms with van der Waals surface area (Å²) in [5.41, 5.74) is 7.76. The van der Waals surface area contributed by atoms with Gasteiger partial charge in [-0.1, -0.05) is 19.9 Å². The minimum absolute atomic E-state index is 0.129. The van der Waals surface area contributed by atoms with Gasteiger partial charge in [-0.25, -0.2) is 0 Å². The van der Waals surface area contributed by atoms with E-state index < -0.39 is 0 Å². The third-order valence-corrected chi connectivity index (χ3v) is 7.49. The van der Waals surface area contributed by atoms with Gasteiger partial charge in [0.25, 0.3) is 0 Å². The Balaban J connectivity index is 1.51. The lowest BCUT2D eigenvalue weighted by molar-refractivity contribution is 0.105. The summed E-state index contributed by atoms with van der Waals surface area (Å²) in [5.74, 6) is 0.129. The number of carbonyl (C=O) groups excluding carboxylic acids is 1. The molecule has 0 radical (unpaired) electrons. The molecule has 158 valence electrons. The van der Waals surface area contributed by atoms with E-state index in [4.69, 9.17) is 0 Å². The molecule has 0 unspecified atom stereocenters. The predicted molar refractivity (Wildman–Crippen MR) is 125 cm³/mol. The first-order valence-electron chi connectivity index (χ1n) is 11.3. The lowest BCUT2D eigenvalue weighted by Crippen LogP contribution is -2.49. The topological polar surface area (TPSA) is 47.3 Å². The van der Waals surface area contributed by atoms with Gasteiger partial charge in [-0.3, -0.25) is 9.69 Å². The van der Waals surface area contributed by atoms with Crippen molar-refractivity contribution in [3.63, 3.8) is 0 Å². The standard InChI is InChI=1S/C27H29N3O/c1-17(2)29-9-11-30(12-10-29)20-6-8-22-23(15-20)27(3,4)24-14-19-13-18(16-28)5-7-21(19)25(24)26(22)31/h5-8,13,15,17H,9-12,14H2,1-4H3. The Kier molecular flexibility index (Phi) is 4.57. The van der Waals surface area contributed by atoms with Crippen LogP contribution in [0.1, 0.15) is 60.3 Å². The molecule has 2 aromatic carbocycles. The van der Waals surface area contributed by atoms with Crippen molar-refractivity contribution in [2.75, 3.05) is 31.1 Å². The SMILES string of the molecule is CC(C)N1CCN(c2ccc3c(c2)C(C)(C)C2=C(C3=O)c3ccc(C#N)cc3C2)CC1. The summed E-state index contributed by atoms with van der Waals surface area (Å²) in [5, 5.41) is 9.29. The van der Waals surface area contributed by atoms with Crippen LogP contribution in [0.3, 0.4) is 0 Å². The number of piperazine rings is 1. The zero-order chi connectivity index (χ0) is 21.9. The highest BCUT2D eigenvalue weighted by molar-refractivity contribution is 6.33. The number of Topliss-reactive ketones (excluding diaryl/α,β-unsaturated/α-hetero) is 1. The summed E-state index contributed by atoms with van der Waals surface area (Å²) in [7, 11) is 0. The molecule has 3 aliphatic rings. The first kappa shape index (κ1) is 20.0. The predicted octanol–water partition coefficient (Wildman–Crippen LogP) is 4.57. The van der Waals surface area contributed by atoms with Crippen LogP contribution in [-0.2, 0) is 11.8 Å². The third kappa shape index (κ3) is 3.03. The molecule has 31 heavy (non-hydrogen) atoms. The summed E-state index contributed by atoms with van der Waals surface area (Å²) in [4.78, 5) is 18.5. The van der Waals surface area contributed by atoms with Crippen molar-refractivity contribution < 1.29 is 4.79 Å². The average Bonchev–Trinajstić information content (AvgIpc) is 3.17. The number of fused-ring (bicyclic) bond motifs is 3. The van der Waals surface area contributed by atoms with Crippen LogP contribution in [-0.4, -0.2) is 42.9 Å². The van der Waals surface area contributed by atoms with E-state index in [1.54, 1.807) is 0 Å². The summed E-state index contributed by atoms with van der Waals surface area (Å²) < 4.78 is 0. The summed E-state index contributed by atoms with van der Waals surface area (Å²) in [6.45, 7) is 13.2. The van der Waals surface area contributed by atoms with E-state index in [-0.39, 0.29) is 11.2 Å². The Morgan fingerprint density at radius 3 is 2.39 bits per heavy atom. The molecule has 0 bridgehead atoms. The highest BCUT2D eigenvalue weighted by atomic mass is 16.1. The monoisotopic (exact) mass is 411 g/mol. The van der Waals surface area contributed by atoms with Crippen molar-refractivity contribution in [1.29, 1.82) is 5.26 Å². The number of anilines is 1. The fourth-order valence-corrected chi connectivity index (χ4v) is 5.53. The van der Waals surface area contributed by atoms with Crippen molar-refractivity contribution in [3.8, 4) is 6.07 Å². The van der Waals surface area contributed by atoms with Gasteiger partial charge in [0, 0.05) is 54.5 Å². The maximum Gasteiger partial charge on any atom is 0.193 e. The molecule has 1 heterocycles. The molecule has 1 fully saturated rings. The average molecular weight is 412 g/mol. The second-order valence-corrected chi connectivity index (χ2v) is 9.81. The van der Waals surface area contributed by atoms with Crippen molar-refractivity contribution in [1.82, 2.24) is 4.90 Å². The minimum atomic E-state index is -0.222. The van der Waals surface area contributed by atoms with Crippen LogP contribution in [0.25, 0.3) is 5.57 Å². The van der Waals surface area contributed by atoms with Gasteiger partial charge in [-0.15, -0.1) is 0 Å². The molecule has 0 N–H and O–H groups in total. The Labute approximate surface area is 184 Å². The number of benzene rings is 2. The molecular weight excluding hydrogens is 382 g/mol. The fraction of sp³-hybridized carbons (Fsp3) is 0.407. The van der Waals surface area contributed by atoms with Crippen molar-refractivity contribution in [2.24, 2.45) is 0 Å². The number of nitriles is 1. The molecule has 5 rings (SSSR count). The zero-order valence-electron chi connectivity index (χ0n) is 18.8. The van der Waals surface area contributed by atoms with Crippen LogP contribution >= 0.6 is 0 Å². The number of carbonyl (C=O) groups is 1. The molecule has 0 spiro atoms. The van der Waals surface area contributed by atoms with Gasteiger partial charge in [-0.05, 0) is 72.9 Å². The molecule has 0 saturated carbocycles. The highest BCUT2D eigenvalue weighted by Crippen LogP contribution is 2.50. The maximum absolute atomic E-state index is 13.6. The summed E-state index contributed by atoms with van der Waals surface area (Å²) >= 11 is 0. The first-order chi connectivity index (χ1) is 14.8. The minimum Gasteiger partial charge on any atom is -0.369 e. The quantitative estimate of drug-likeness (QED) is 0.726. The van der Waals surface area contributed by atoms with Gasteiger partial charge in [0.2, 0.25) is 0 Å². The normalized spacial score (nSPS) is 19.9. The van der Waals surface area contributed by atoms with E-state index >= 15 is 0 Å². The van der Waals surface area contributed by atoms with Crippen LogP contribution in [0.2, 0.25) is 0 Å². The Bertz CT molecular complexity index is 1160. The van der Waals surface area contributed by atoms with Gasteiger partial charge in [0.1, 0.15) is 0 Å². The van der Waals surface area contributed by atoms with Crippen LogP contribution in [0.5, 0.6) is 0 Å². The molecule has 4 nitrogen and oxygen atoms in total. The smallest absolute Gasteiger partial charge is 0.193 e.